The molecule has 21 heavy (non-hydrogen) atoms. The van der Waals surface area contributed by atoms with Gasteiger partial charge in [-0.25, -0.2) is 0 Å². The summed E-state index contributed by atoms with van der Waals surface area (Å²) in [5.74, 6) is 0.538. The Morgan fingerprint density at radius 2 is 2.14 bits per heavy atom. The lowest BCUT2D eigenvalue weighted by Crippen LogP contribution is -2.36. The molecular formula is C14H21N3O4. The van der Waals surface area contributed by atoms with Gasteiger partial charge in [-0.2, -0.15) is 0 Å². The van der Waals surface area contributed by atoms with Gasteiger partial charge >= 0.3 is 0 Å². The summed E-state index contributed by atoms with van der Waals surface area (Å²) in [4.78, 5) is 14.1. The summed E-state index contributed by atoms with van der Waals surface area (Å²) in [7, 11) is 3.11. The quantitative estimate of drug-likeness (QED) is 0.322. The Morgan fingerprint density at radius 3 is 2.76 bits per heavy atom. The summed E-state index contributed by atoms with van der Waals surface area (Å²) < 4.78 is 10.1. The van der Waals surface area contributed by atoms with Gasteiger partial charge in [0.25, 0.3) is 5.91 Å². The molecule has 3 N–H and O–H groups in total. The molecule has 0 bridgehead atoms. The number of hydrogen-bond donors (Lipinski definition) is 2. The maximum absolute atomic E-state index is 12.5. The van der Waals surface area contributed by atoms with Gasteiger partial charge < -0.3 is 25.3 Å². The van der Waals surface area contributed by atoms with Crippen LogP contribution < -0.4 is 10.5 Å². The maximum Gasteiger partial charge on any atom is 0.254 e. The molecule has 0 aliphatic rings. The highest BCUT2D eigenvalue weighted by atomic mass is 16.5. The maximum atomic E-state index is 12.5. The molecule has 7 heteroatoms. The molecule has 0 unspecified atom stereocenters. The van der Waals surface area contributed by atoms with Crippen molar-refractivity contribution in [3.63, 3.8) is 0 Å². The number of nitrogens with zero attached hydrogens (tertiary/aromatic N) is 2. The number of rotatable bonds is 8. The molecule has 0 radical (unpaired) electrons. The molecule has 0 heterocycles. The largest absolute Gasteiger partial charge is 0.497 e. The first-order chi connectivity index (χ1) is 10.1. The van der Waals surface area contributed by atoms with Crippen molar-refractivity contribution in [3.8, 4) is 5.75 Å². The number of amidine groups is 1. The summed E-state index contributed by atoms with van der Waals surface area (Å²) in [6, 6.07) is 6.91. The van der Waals surface area contributed by atoms with Crippen molar-refractivity contribution in [1.82, 2.24) is 4.90 Å². The number of nitrogens with two attached hydrogens (primary N) is 1. The number of carbonyl (C=O) groups excluding carboxylic acids is 1. The first kappa shape index (κ1) is 16.8. The predicted molar refractivity (Wildman–Crippen MR) is 78.8 cm³/mol. The Bertz CT molecular complexity index is 491. The molecule has 0 fully saturated rings. The number of methoxy groups -OCH3 is 2. The van der Waals surface area contributed by atoms with E-state index in [2.05, 4.69) is 5.16 Å². The van der Waals surface area contributed by atoms with Gasteiger partial charge in [0, 0.05) is 32.2 Å². The first-order valence-corrected chi connectivity index (χ1v) is 6.51. The Hall–Kier alpha value is -2.28. The summed E-state index contributed by atoms with van der Waals surface area (Å²) in [6.07, 6.45) is 0.288. The second kappa shape index (κ2) is 8.80. The Labute approximate surface area is 123 Å². The van der Waals surface area contributed by atoms with E-state index < -0.39 is 0 Å². The van der Waals surface area contributed by atoms with Crippen LogP contribution in [0, 0.1) is 0 Å². The van der Waals surface area contributed by atoms with Crippen LogP contribution in [0.5, 0.6) is 5.75 Å². The van der Waals surface area contributed by atoms with Gasteiger partial charge in [-0.3, -0.25) is 4.79 Å². The standard InChI is InChI=1S/C14H21N3O4/c1-20-9-8-17(7-6-13(15)16-19)14(18)11-4-3-5-12(10-11)21-2/h3-5,10,19H,6-9H2,1-2H3,(H2,15,16). The van der Waals surface area contributed by atoms with E-state index in [0.717, 1.165) is 0 Å². The fourth-order valence-corrected chi connectivity index (χ4v) is 1.75. The number of oxime groups is 1. The summed E-state index contributed by atoms with van der Waals surface area (Å²) >= 11 is 0. The molecule has 0 spiro atoms. The molecule has 1 amide bonds. The first-order valence-electron chi connectivity index (χ1n) is 6.51. The van der Waals surface area contributed by atoms with Crippen molar-refractivity contribution >= 4 is 11.7 Å². The van der Waals surface area contributed by atoms with Crippen molar-refractivity contribution in [2.45, 2.75) is 6.42 Å². The molecule has 0 aromatic heterocycles. The van der Waals surface area contributed by atoms with Gasteiger partial charge in [0.05, 0.1) is 13.7 Å². The molecular weight excluding hydrogens is 274 g/mol. The molecule has 0 aliphatic carbocycles. The normalized spacial score (nSPS) is 11.2. The minimum atomic E-state index is -0.156. The number of ether oxygens (including phenoxy) is 2. The molecule has 0 saturated carbocycles. The van der Waals surface area contributed by atoms with Crippen molar-refractivity contribution < 1.29 is 19.5 Å². The third-order valence-electron chi connectivity index (χ3n) is 2.94. The average molecular weight is 295 g/mol. The summed E-state index contributed by atoms with van der Waals surface area (Å²) in [5.41, 5.74) is 5.96. The molecule has 0 aliphatic heterocycles. The molecule has 1 aromatic carbocycles. The van der Waals surface area contributed by atoms with E-state index in [-0.39, 0.29) is 18.2 Å². The monoisotopic (exact) mass is 295 g/mol. The number of amides is 1. The Kier molecular flexibility index (Phi) is 7.03. The van der Waals surface area contributed by atoms with E-state index in [0.29, 0.717) is 31.0 Å². The predicted octanol–water partition coefficient (Wildman–Crippen LogP) is 0.920. The molecule has 1 rings (SSSR count). The van der Waals surface area contributed by atoms with E-state index in [4.69, 9.17) is 20.4 Å². The van der Waals surface area contributed by atoms with Gasteiger partial charge in [-0.15, -0.1) is 0 Å². The van der Waals surface area contributed by atoms with Crippen LogP contribution in [0.25, 0.3) is 0 Å². The smallest absolute Gasteiger partial charge is 0.254 e. The zero-order valence-electron chi connectivity index (χ0n) is 12.3. The Morgan fingerprint density at radius 1 is 1.38 bits per heavy atom. The van der Waals surface area contributed by atoms with Gasteiger partial charge in [-0.05, 0) is 18.2 Å². The second-order valence-electron chi connectivity index (χ2n) is 4.36. The number of benzene rings is 1. The molecule has 0 atom stereocenters. The third kappa shape index (κ3) is 5.31. The van der Waals surface area contributed by atoms with Crippen LogP contribution in [0.4, 0.5) is 0 Å². The Balaban J connectivity index is 2.82. The van der Waals surface area contributed by atoms with Crippen molar-refractivity contribution in [1.29, 1.82) is 0 Å². The van der Waals surface area contributed by atoms with Crippen LogP contribution in [0.2, 0.25) is 0 Å². The molecule has 0 saturated heterocycles. The second-order valence-corrected chi connectivity index (χ2v) is 4.36. The third-order valence-corrected chi connectivity index (χ3v) is 2.94. The van der Waals surface area contributed by atoms with Crippen molar-refractivity contribution in [3.05, 3.63) is 29.8 Å². The van der Waals surface area contributed by atoms with Crippen LogP contribution in [-0.2, 0) is 4.74 Å². The lowest BCUT2D eigenvalue weighted by molar-refractivity contribution is 0.0700. The van der Waals surface area contributed by atoms with Gasteiger partial charge in [0.1, 0.15) is 11.6 Å². The van der Waals surface area contributed by atoms with Crippen LogP contribution in [0.1, 0.15) is 16.8 Å². The molecule has 7 nitrogen and oxygen atoms in total. The van der Waals surface area contributed by atoms with E-state index in [9.17, 15) is 4.79 Å². The van der Waals surface area contributed by atoms with Crippen LogP contribution in [0.3, 0.4) is 0 Å². The fraction of sp³-hybridized carbons (Fsp3) is 0.429. The fourth-order valence-electron chi connectivity index (χ4n) is 1.75. The molecule has 116 valence electrons. The van der Waals surface area contributed by atoms with E-state index in [1.54, 1.807) is 43.4 Å². The highest BCUT2D eigenvalue weighted by molar-refractivity contribution is 5.95. The van der Waals surface area contributed by atoms with Crippen molar-refractivity contribution in [2.75, 3.05) is 33.9 Å². The van der Waals surface area contributed by atoms with Gasteiger partial charge in [0.15, 0.2) is 0 Å². The number of carbonyl (C=O) groups is 1. The summed E-state index contributed by atoms with van der Waals surface area (Å²) in [6.45, 7) is 1.17. The van der Waals surface area contributed by atoms with Crippen LogP contribution >= 0.6 is 0 Å². The van der Waals surface area contributed by atoms with E-state index in [1.165, 1.54) is 0 Å². The highest BCUT2D eigenvalue weighted by Crippen LogP contribution is 2.14. The van der Waals surface area contributed by atoms with E-state index in [1.807, 2.05) is 0 Å². The van der Waals surface area contributed by atoms with Crippen LogP contribution in [-0.4, -0.2) is 55.8 Å². The minimum absolute atomic E-state index is 0.0795. The zero-order valence-corrected chi connectivity index (χ0v) is 12.3. The summed E-state index contributed by atoms with van der Waals surface area (Å²) in [5, 5.41) is 11.5. The van der Waals surface area contributed by atoms with E-state index >= 15 is 0 Å². The average Bonchev–Trinajstić information content (AvgIpc) is 2.54. The lowest BCUT2D eigenvalue weighted by Gasteiger charge is -2.22. The highest BCUT2D eigenvalue weighted by Gasteiger charge is 2.16. The SMILES string of the molecule is COCCN(CCC(N)=NO)C(=O)c1cccc(OC)c1. The van der Waals surface area contributed by atoms with Gasteiger partial charge in [0.2, 0.25) is 0 Å². The molecule has 1 aromatic rings. The van der Waals surface area contributed by atoms with Gasteiger partial charge in [-0.1, -0.05) is 11.2 Å². The number of hydrogen-bond acceptors (Lipinski definition) is 5. The zero-order chi connectivity index (χ0) is 15.7. The van der Waals surface area contributed by atoms with Crippen molar-refractivity contribution in [2.24, 2.45) is 10.9 Å². The van der Waals surface area contributed by atoms with Crippen LogP contribution in [0.15, 0.2) is 29.4 Å². The topological polar surface area (TPSA) is 97.4 Å². The lowest BCUT2D eigenvalue weighted by atomic mass is 10.2. The minimum Gasteiger partial charge on any atom is -0.497 e.